The molecular weight excluding hydrogens is 514 g/mol. The number of carbonyl (C=O) groups excluding carboxylic acids is 2. The van der Waals surface area contributed by atoms with Crippen molar-refractivity contribution in [3.63, 3.8) is 0 Å². The molecule has 6 rings (SSSR count). The van der Waals surface area contributed by atoms with Crippen molar-refractivity contribution in [3.8, 4) is 11.5 Å². The lowest BCUT2D eigenvalue weighted by Gasteiger charge is -2.44. The van der Waals surface area contributed by atoms with E-state index in [1.54, 1.807) is 21.0 Å². The molecule has 218 valence electrons. The summed E-state index contributed by atoms with van der Waals surface area (Å²) in [6.07, 6.45) is 5.77. The molecule has 1 aromatic carbocycles. The van der Waals surface area contributed by atoms with E-state index in [-0.39, 0.29) is 30.8 Å². The number of hydrogen-bond donors (Lipinski definition) is 0. The molecule has 0 bridgehead atoms. The van der Waals surface area contributed by atoms with Crippen LogP contribution in [0.25, 0.3) is 0 Å². The Morgan fingerprint density at radius 2 is 1.85 bits per heavy atom. The molecule has 0 saturated carbocycles. The normalized spacial score (nSPS) is 32.0. The molecule has 0 N–H and O–H groups in total. The molecular formula is C31H41NO8. The minimum absolute atomic E-state index is 0.191. The maximum Gasteiger partial charge on any atom is 0.339 e. The Labute approximate surface area is 236 Å². The molecule has 9 heteroatoms. The third kappa shape index (κ3) is 4.55. The van der Waals surface area contributed by atoms with E-state index < -0.39 is 29.2 Å². The predicted molar refractivity (Wildman–Crippen MR) is 145 cm³/mol. The number of hydrogen-bond acceptors (Lipinski definition) is 9. The minimum atomic E-state index is -1.43. The quantitative estimate of drug-likeness (QED) is 0.474. The zero-order valence-corrected chi connectivity index (χ0v) is 24.2. The van der Waals surface area contributed by atoms with Crippen LogP contribution in [0, 0.1) is 0 Å². The summed E-state index contributed by atoms with van der Waals surface area (Å²) in [5.74, 6) is 0.887. The van der Waals surface area contributed by atoms with Crippen LogP contribution in [0.1, 0.15) is 83.3 Å². The highest BCUT2D eigenvalue weighted by Gasteiger charge is 2.60. The van der Waals surface area contributed by atoms with E-state index in [2.05, 4.69) is 23.1 Å². The van der Waals surface area contributed by atoms with Gasteiger partial charge in [0.25, 0.3) is 0 Å². The van der Waals surface area contributed by atoms with Gasteiger partial charge in [0.15, 0.2) is 23.2 Å². The van der Waals surface area contributed by atoms with Crippen molar-refractivity contribution < 1.29 is 38.0 Å². The smallest absolute Gasteiger partial charge is 0.339 e. The predicted octanol–water partition coefficient (Wildman–Crippen LogP) is 4.40. The van der Waals surface area contributed by atoms with Gasteiger partial charge in [0.1, 0.15) is 5.76 Å². The first-order valence-electron chi connectivity index (χ1n) is 14.6. The van der Waals surface area contributed by atoms with Gasteiger partial charge >= 0.3 is 11.9 Å². The summed E-state index contributed by atoms with van der Waals surface area (Å²) < 4.78 is 35.8. The summed E-state index contributed by atoms with van der Waals surface area (Å²) in [4.78, 5) is 29.7. The van der Waals surface area contributed by atoms with Crippen molar-refractivity contribution >= 4 is 11.9 Å². The third-order valence-corrected chi connectivity index (χ3v) is 9.20. The highest BCUT2D eigenvalue weighted by atomic mass is 16.7. The molecule has 2 fully saturated rings. The average Bonchev–Trinajstić information content (AvgIpc) is 3.56. The Kier molecular flexibility index (Phi) is 6.81. The zero-order valence-electron chi connectivity index (χ0n) is 24.2. The van der Waals surface area contributed by atoms with Gasteiger partial charge in [0.05, 0.1) is 36.7 Å². The SMILES string of the molecule is COC1=C[C@]23CCCN2CCc2cc4c(cc2[C@@H]3C1OC(=O)C1(CC(=O)OC(C)C)CCCC(C)(C)O1)OCO4. The molecule has 4 aliphatic heterocycles. The van der Waals surface area contributed by atoms with E-state index in [1.807, 2.05) is 13.8 Å². The van der Waals surface area contributed by atoms with Crippen molar-refractivity contribution in [1.29, 1.82) is 0 Å². The van der Waals surface area contributed by atoms with Gasteiger partial charge in [-0.2, -0.15) is 0 Å². The number of esters is 2. The number of benzene rings is 1. The van der Waals surface area contributed by atoms with Gasteiger partial charge in [-0.1, -0.05) is 0 Å². The molecule has 2 saturated heterocycles. The van der Waals surface area contributed by atoms with E-state index in [0.29, 0.717) is 17.9 Å². The Morgan fingerprint density at radius 1 is 1.07 bits per heavy atom. The van der Waals surface area contributed by atoms with Crippen molar-refractivity contribution in [1.82, 2.24) is 4.90 Å². The van der Waals surface area contributed by atoms with Crippen molar-refractivity contribution in [2.24, 2.45) is 0 Å². The van der Waals surface area contributed by atoms with Gasteiger partial charge in [0.2, 0.25) is 6.79 Å². The summed E-state index contributed by atoms with van der Waals surface area (Å²) >= 11 is 0. The first kappa shape index (κ1) is 27.4. The Hall–Kier alpha value is -2.78. The fraction of sp³-hybridized carbons (Fsp3) is 0.677. The second kappa shape index (κ2) is 9.94. The maximum atomic E-state index is 14.3. The Morgan fingerprint density at radius 3 is 2.58 bits per heavy atom. The van der Waals surface area contributed by atoms with Crippen LogP contribution >= 0.6 is 0 Å². The molecule has 2 unspecified atom stereocenters. The number of rotatable bonds is 6. The van der Waals surface area contributed by atoms with Crippen LogP contribution in [0.3, 0.4) is 0 Å². The maximum absolute atomic E-state index is 14.3. The number of fused-ring (bicyclic) bond motifs is 3. The van der Waals surface area contributed by atoms with Gasteiger partial charge in [-0.3, -0.25) is 9.69 Å². The largest absolute Gasteiger partial charge is 0.497 e. The summed E-state index contributed by atoms with van der Waals surface area (Å²) in [5.41, 5.74) is -0.0967. The second-order valence-electron chi connectivity index (χ2n) is 12.7. The average molecular weight is 556 g/mol. The van der Waals surface area contributed by atoms with E-state index in [9.17, 15) is 9.59 Å². The fourth-order valence-electron chi connectivity index (χ4n) is 7.63. The van der Waals surface area contributed by atoms with E-state index >= 15 is 0 Å². The van der Waals surface area contributed by atoms with E-state index in [0.717, 1.165) is 56.5 Å². The fourth-order valence-corrected chi connectivity index (χ4v) is 7.63. The molecule has 5 aliphatic rings. The van der Waals surface area contributed by atoms with Crippen LogP contribution < -0.4 is 9.47 Å². The van der Waals surface area contributed by atoms with Crippen LogP contribution in [-0.2, 0) is 35.0 Å². The summed E-state index contributed by atoms with van der Waals surface area (Å²) in [6.45, 7) is 9.55. The van der Waals surface area contributed by atoms with Crippen LogP contribution in [0.15, 0.2) is 24.0 Å². The lowest BCUT2D eigenvalue weighted by atomic mass is 9.77. The molecule has 0 amide bonds. The van der Waals surface area contributed by atoms with Gasteiger partial charge in [-0.25, -0.2) is 4.79 Å². The number of ether oxygens (including phenoxy) is 6. The Bertz CT molecular complexity index is 1220. The van der Waals surface area contributed by atoms with Crippen molar-refractivity contribution in [2.45, 2.75) is 108 Å². The van der Waals surface area contributed by atoms with Crippen LogP contribution in [-0.4, -0.2) is 72.8 Å². The van der Waals surface area contributed by atoms with Crippen LogP contribution in [0.2, 0.25) is 0 Å². The minimum Gasteiger partial charge on any atom is -0.497 e. The first-order valence-corrected chi connectivity index (χ1v) is 14.6. The third-order valence-electron chi connectivity index (χ3n) is 9.20. The van der Waals surface area contributed by atoms with Gasteiger partial charge < -0.3 is 28.4 Å². The number of carbonyl (C=O) groups is 2. The van der Waals surface area contributed by atoms with E-state index in [4.69, 9.17) is 28.4 Å². The van der Waals surface area contributed by atoms with Gasteiger partial charge in [-0.15, -0.1) is 0 Å². The highest BCUT2D eigenvalue weighted by Crippen LogP contribution is 2.56. The monoisotopic (exact) mass is 555 g/mol. The van der Waals surface area contributed by atoms with Gasteiger partial charge in [0, 0.05) is 6.54 Å². The molecule has 1 aliphatic carbocycles. The van der Waals surface area contributed by atoms with Crippen molar-refractivity contribution in [3.05, 3.63) is 35.1 Å². The van der Waals surface area contributed by atoms with E-state index in [1.165, 1.54) is 5.56 Å². The zero-order chi connectivity index (χ0) is 28.3. The first-order chi connectivity index (χ1) is 19.1. The highest BCUT2D eigenvalue weighted by molar-refractivity contribution is 5.86. The molecule has 4 heterocycles. The summed E-state index contributed by atoms with van der Waals surface area (Å²) in [6, 6.07) is 4.14. The molecule has 4 atom stereocenters. The van der Waals surface area contributed by atoms with Crippen LogP contribution in [0.5, 0.6) is 11.5 Å². The Balaban J connectivity index is 1.39. The molecule has 1 aromatic rings. The number of nitrogens with zero attached hydrogens (tertiary/aromatic N) is 1. The standard InChI is InChI=1S/C31H41NO8/c1-19(2)38-25(33)17-31(11-6-9-29(3,4)40-31)28(34)39-27-24(35-5)16-30-10-7-12-32(30)13-8-20-14-22-23(37-18-36-22)15-21(20)26(27)30/h14-16,19,26-27H,6-13,17-18H2,1-5H3/t26-,27?,30+,31?/m1/s1. The summed E-state index contributed by atoms with van der Waals surface area (Å²) in [5, 5.41) is 0. The molecule has 0 radical (unpaired) electrons. The topological polar surface area (TPSA) is 92.8 Å². The molecule has 1 spiro atoms. The molecule has 0 aromatic heterocycles. The lowest BCUT2D eigenvalue weighted by Crippen LogP contribution is -2.54. The summed E-state index contributed by atoms with van der Waals surface area (Å²) in [7, 11) is 1.63. The van der Waals surface area contributed by atoms with Gasteiger partial charge in [-0.05, 0) is 102 Å². The lowest BCUT2D eigenvalue weighted by molar-refractivity contribution is -0.217. The number of methoxy groups -OCH3 is 1. The second-order valence-corrected chi connectivity index (χ2v) is 12.7. The van der Waals surface area contributed by atoms with Crippen LogP contribution in [0.4, 0.5) is 0 Å². The molecule has 9 nitrogen and oxygen atoms in total. The molecule has 40 heavy (non-hydrogen) atoms. The van der Waals surface area contributed by atoms with Crippen molar-refractivity contribution in [2.75, 3.05) is 27.0 Å².